The van der Waals surface area contributed by atoms with Crippen LogP contribution in [0.1, 0.15) is 20.8 Å². The van der Waals surface area contributed by atoms with Gasteiger partial charge in [0.2, 0.25) is 0 Å². The fourth-order valence-electron chi connectivity index (χ4n) is 3.70. The summed E-state index contributed by atoms with van der Waals surface area (Å²) in [4.78, 5) is 0. The zero-order chi connectivity index (χ0) is 20.9. The van der Waals surface area contributed by atoms with Gasteiger partial charge in [0.15, 0.2) is 0 Å². The third-order valence-corrected chi connectivity index (χ3v) is 9.97. The standard InChI is InChI=1S/C25H29NO2Si/c1-5-18-27-24-17-16-20(19-23(24)26)28-29(25(2,3)4,21-12-8-6-9-13-21)22-14-10-7-11-15-22/h5-17,19H,1,18,26H2,2-4H3. The molecule has 0 atom stereocenters. The molecule has 29 heavy (non-hydrogen) atoms. The number of nitrogens with two attached hydrogens (primary N) is 1. The number of anilines is 1. The van der Waals surface area contributed by atoms with Crippen molar-refractivity contribution in [3.63, 3.8) is 0 Å². The molecule has 3 aromatic carbocycles. The second-order valence-corrected chi connectivity index (χ2v) is 12.3. The second kappa shape index (κ2) is 8.58. The molecule has 0 unspecified atom stereocenters. The molecule has 0 saturated heterocycles. The van der Waals surface area contributed by atoms with E-state index >= 15 is 0 Å². The van der Waals surface area contributed by atoms with Crippen LogP contribution >= 0.6 is 0 Å². The summed E-state index contributed by atoms with van der Waals surface area (Å²) in [5, 5.41) is 2.34. The number of ether oxygens (including phenoxy) is 1. The van der Waals surface area contributed by atoms with Gasteiger partial charge >= 0.3 is 8.32 Å². The Kier molecular flexibility index (Phi) is 6.14. The Morgan fingerprint density at radius 3 is 1.90 bits per heavy atom. The number of benzene rings is 3. The third-order valence-electron chi connectivity index (χ3n) is 5.03. The molecule has 0 radical (unpaired) electrons. The zero-order valence-corrected chi connectivity index (χ0v) is 18.4. The van der Waals surface area contributed by atoms with Crippen LogP contribution < -0.4 is 25.3 Å². The summed E-state index contributed by atoms with van der Waals surface area (Å²) >= 11 is 0. The molecular weight excluding hydrogens is 374 g/mol. The molecule has 0 fully saturated rings. The Balaban J connectivity index is 2.14. The molecule has 0 aromatic heterocycles. The number of nitrogen functional groups attached to an aromatic ring is 1. The largest absolute Gasteiger partial charge is 0.534 e. The smallest absolute Gasteiger partial charge is 0.319 e. The molecule has 3 nitrogen and oxygen atoms in total. The van der Waals surface area contributed by atoms with E-state index in [0.717, 1.165) is 5.75 Å². The first-order valence-electron chi connectivity index (χ1n) is 9.82. The summed E-state index contributed by atoms with van der Waals surface area (Å²) in [7, 11) is -2.67. The highest BCUT2D eigenvalue weighted by Crippen LogP contribution is 2.38. The lowest BCUT2D eigenvalue weighted by molar-refractivity contribution is 0.364. The highest BCUT2D eigenvalue weighted by molar-refractivity contribution is 7.00. The first kappa shape index (κ1) is 20.7. The van der Waals surface area contributed by atoms with Crippen LogP contribution in [0.15, 0.2) is 91.5 Å². The topological polar surface area (TPSA) is 44.5 Å². The lowest BCUT2D eigenvalue weighted by atomic mass is 10.2. The predicted octanol–water partition coefficient (Wildman–Crippen LogP) is 4.77. The lowest BCUT2D eigenvalue weighted by Gasteiger charge is -2.43. The van der Waals surface area contributed by atoms with Gasteiger partial charge in [-0.1, -0.05) is 94.1 Å². The van der Waals surface area contributed by atoms with Gasteiger partial charge in [0.1, 0.15) is 18.1 Å². The van der Waals surface area contributed by atoms with E-state index in [1.165, 1.54) is 10.4 Å². The molecule has 0 spiro atoms. The van der Waals surface area contributed by atoms with Crippen LogP contribution in [-0.2, 0) is 0 Å². The molecular formula is C25H29NO2Si. The van der Waals surface area contributed by atoms with E-state index in [2.05, 4.69) is 75.9 Å². The van der Waals surface area contributed by atoms with Crippen molar-refractivity contribution >= 4 is 24.4 Å². The van der Waals surface area contributed by atoms with Crippen LogP contribution in [0, 0.1) is 0 Å². The Bertz CT molecular complexity index is 910. The fourth-order valence-corrected chi connectivity index (χ4v) is 8.11. The lowest BCUT2D eigenvalue weighted by Crippen LogP contribution is -2.68. The molecule has 0 aliphatic rings. The van der Waals surface area contributed by atoms with Crippen molar-refractivity contribution in [3.8, 4) is 11.5 Å². The maximum atomic E-state index is 6.96. The Hall–Kier alpha value is -2.98. The summed E-state index contributed by atoms with van der Waals surface area (Å²) in [5.41, 5.74) is 6.80. The first-order valence-corrected chi connectivity index (χ1v) is 11.7. The molecule has 150 valence electrons. The van der Waals surface area contributed by atoms with Crippen LogP contribution in [0.4, 0.5) is 5.69 Å². The molecule has 0 aliphatic heterocycles. The summed E-state index contributed by atoms with van der Waals surface area (Å²) in [5.74, 6) is 1.39. The summed E-state index contributed by atoms with van der Waals surface area (Å²) in [6.07, 6.45) is 1.70. The Morgan fingerprint density at radius 1 is 0.897 bits per heavy atom. The van der Waals surface area contributed by atoms with Gasteiger partial charge in [-0.3, -0.25) is 0 Å². The third kappa shape index (κ3) is 4.22. The quantitative estimate of drug-likeness (QED) is 0.351. The minimum atomic E-state index is -2.67. The van der Waals surface area contributed by atoms with E-state index in [1.54, 1.807) is 6.08 Å². The van der Waals surface area contributed by atoms with Gasteiger partial charge in [0.25, 0.3) is 0 Å². The monoisotopic (exact) mass is 403 g/mol. The maximum Gasteiger partial charge on any atom is 0.319 e. The van der Waals surface area contributed by atoms with E-state index in [9.17, 15) is 0 Å². The first-order chi connectivity index (χ1) is 13.9. The van der Waals surface area contributed by atoms with Crippen molar-refractivity contribution in [2.24, 2.45) is 0 Å². The summed E-state index contributed by atoms with van der Waals surface area (Å²) < 4.78 is 12.6. The van der Waals surface area contributed by atoms with Crippen LogP contribution in [0.25, 0.3) is 0 Å². The van der Waals surface area contributed by atoms with E-state index in [0.29, 0.717) is 18.0 Å². The number of hydrogen-bond acceptors (Lipinski definition) is 3. The number of hydrogen-bond donors (Lipinski definition) is 1. The molecule has 2 N–H and O–H groups in total. The van der Waals surface area contributed by atoms with Crippen molar-refractivity contribution < 1.29 is 9.16 Å². The van der Waals surface area contributed by atoms with Crippen LogP contribution in [0.5, 0.6) is 11.5 Å². The van der Waals surface area contributed by atoms with Gasteiger partial charge in [-0.05, 0) is 27.5 Å². The maximum absolute atomic E-state index is 6.96. The molecule has 0 saturated carbocycles. The van der Waals surface area contributed by atoms with E-state index in [4.69, 9.17) is 14.9 Å². The average Bonchev–Trinajstić information content (AvgIpc) is 2.72. The van der Waals surface area contributed by atoms with Crippen LogP contribution in [-0.4, -0.2) is 14.9 Å². The van der Waals surface area contributed by atoms with Crippen molar-refractivity contribution in [2.45, 2.75) is 25.8 Å². The minimum absolute atomic E-state index is 0.109. The van der Waals surface area contributed by atoms with E-state index in [-0.39, 0.29) is 5.04 Å². The molecule has 0 bridgehead atoms. The summed E-state index contributed by atoms with van der Waals surface area (Å²) in [6.45, 7) is 10.9. The average molecular weight is 404 g/mol. The molecule has 0 amide bonds. The molecule has 4 heteroatoms. The predicted molar refractivity (Wildman–Crippen MR) is 125 cm³/mol. The van der Waals surface area contributed by atoms with Gasteiger partial charge in [-0.15, -0.1) is 0 Å². The molecule has 3 rings (SSSR count). The van der Waals surface area contributed by atoms with E-state index < -0.39 is 8.32 Å². The SMILES string of the molecule is C=CCOc1ccc(O[Si](c2ccccc2)(c2ccccc2)C(C)(C)C)cc1N. The van der Waals surface area contributed by atoms with Crippen molar-refractivity contribution in [2.75, 3.05) is 12.3 Å². The molecule has 3 aromatic rings. The van der Waals surface area contributed by atoms with Gasteiger partial charge in [-0.25, -0.2) is 0 Å². The van der Waals surface area contributed by atoms with E-state index in [1.807, 2.05) is 30.3 Å². The fraction of sp³-hybridized carbons (Fsp3) is 0.200. The second-order valence-electron chi connectivity index (χ2n) is 8.06. The highest BCUT2D eigenvalue weighted by Gasteiger charge is 2.52. The van der Waals surface area contributed by atoms with Gasteiger partial charge < -0.3 is 14.9 Å². The Labute approximate surface area is 174 Å². The highest BCUT2D eigenvalue weighted by atomic mass is 28.4. The van der Waals surface area contributed by atoms with Crippen molar-refractivity contribution in [3.05, 3.63) is 91.5 Å². The van der Waals surface area contributed by atoms with Gasteiger partial charge in [0.05, 0.1) is 5.69 Å². The minimum Gasteiger partial charge on any atom is -0.534 e. The van der Waals surface area contributed by atoms with Gasteiger partial charge in [0, 0.05) is 6.07 Å². The summed E-state index contributed by atoms with van der Waals surface area (Å²) in [6, 6.07) is 26.8. The van der Waals surface area contributed by atoms with Crippen molar-refractivity contribution in [1.82, 2.24) is 0 Å². The van der Waals surface area contributed by atoms with Crippen LogP contribution in [0.2, 0.25) is 5.04 Å². The Morgan fingerprint density at radius 2 is 1.45 bits per heavy atom. The van der Waals surface area contributed by atoms with Crippen LogP contribution in [0.3, 0.4) is 0 Å². The normalized spacial score (nSPS) is 11.7. The van der Waals surface area contributed by atoms with Gasteiger partial charge in [-0.2, -0.15) is 0 Å². The number of rotatable bonds is 7. The van der Waals surface area contributed by atoms with Crippen molar-refractivity contribution in [1.29, 1.82) is 0 Å². The zero-order valence-electron chi connectivity index (χ0n) is 17.4. The molecule has 0 aliphatic carbocycles. The molecule has 0 heterocycles.